The van der Waals surface area contributed by atoms with Gasteiger partial charge in [0.2, 0.25) is 0 Å². The van der Waals surface area contributed by atoms with E-state index in [4.69, 9.17) is 27.4 Å². The van der Waals surface area contributed by atoms with Crippen LogP contribution in [0.15, 0.2) is 24.3 Å². The van der Waals surface area contributed by atoms with E-state index in [1.54, 1.807) is 24.3 Å². The van der Waals surface area contributed by atoms with Gasteiger partial charge in [-0.1, -0.05) is 0 Å². The third-order valence-corrected chi connectivity index (χ3v) is 1.45. The Morgan fingerprint density at radius 1 is 1.20 bits per heavy atom. The molecule has 0 heterocycles. The molecule has 1 aromatic rings. The van der Waals surface area contributed by atoms with Crippen LogP contribution in [0.25, 0.3) is 0 Å². The molecule has 0 radical (unpaired) electrons. The van der Waals surface area contributed by atoms with E-state index in [0.29, 0.717) is 0 Å². The van der Waals surface area contributed by atoms with Crippen LogP contribution in [0.1, 0.15) is 0 Å². The number of aliphatic carboxylic acids is 1. The topological polar surface area (TPSA) is 136 Å². The summed E-state index contributed by atoms with van der Waals surface area (Å²) in [6.45, 7) is -0.505. The van der Waals surface area contributed by atoms with E-state index >= 15 is 0 Å². The van der Waals surface area contributed by atoms with Gasteiger partial charge in [0.15, 0.2) is 0 Å². The molecule has 0 saturated heterocycles. The van der Waals surface area contributed by atoms with Gasteiger partial charge >= 0.3 is 5.97 Å². The summed E-state index contributed by atoms with van der Waals surface area (Å²) < 4.78 is 0. The summed E-state index contributed by atoms with van der Waals surface area (Å²) in [7, 11) is 0. The van der Waals surface area contributed by atoms with E-state index in [9.17, 15) is 4.79 Å². The third kappa shape index (κ3) is 6.30. The second kappa shape index (κ2) is 6.63. The minimum absolute atomic E-state index is 0.505. The van der Waals surface area contributed by atoms with Crippen LogP contribution in [0.3, 0.4) is 0 Å². The Morgan fingerprint density at radius 3 is 1.67 bits per heavy atom. The number of aliphatic hydroxyl groups excluding tert-OH is 1. The van der Waals surface area contributed by atoms with Crippen LogP contribution >= 0.6 is 0 Å². The first kappa shape index (κ1) is 13.2. The van der Waals surface area contributed by atoms with Gasteiger partial charge in [-0.25, -0.2) is 0 Å². The normalized spacial score (nSPS) is 11.1. The van der Waals surface area contributed by atoms with Gasteiger partial charge in [-0.05, 0) is 24.3 Å². The van der Waals surface area contributed by atoms with Gasteiger partial charge in [0.1, 0.15) is 6.04 Å². The lowest BCUT2D eigenvalue weighted by molar-refractivity contribution is -0.139. The molecule has 6 heteroatoms. The summed E-state index contributed by atoms with van der Waals surface area (Å²) in [6.07, 6.45) is 0. The van der Waals surface area contributed by atoms with Crippen LogP contribution in [-0.2, 0) is 4.79 Å². The van der Waals surface area contributed by atoms with Crippen molar-refractivity contribution in [3.63, 3.8) is 0 Å². The smallest absolute Gasteiger partial charge is 0.322 e. The third-order valence-electron chi connectivity index (χ3n) is 1.45. The molecule has 0 spiro atoms. The number of hydrogen-bond acceptors (Lipinski definition) is 5. The fraction of sp³-hybridized carbons (Fsp3) is 0.222. The molecule has 1 aromatic carbocycles. The molecule has 0 amide bonds. The number of carboxylic acids is 1. The van der Waals surface area contributed by atoms with E-state index in [-0.39, 0.29) is 0 Å². The summed E-state index contributed by atoms with van der Waals surface area (Å²) in [5, 5.41) is 15.9. The van der Waals surface area contributed by atoms with Crippen molar-refractivity contribution < 1.29 is 15.0 Å². The molecule has 6 nitrogen and oxygen atoms in total. The molecule has 0 aromatic heterocycles. The Balaban J connectivity index is 0.000000265. The molecule has 0 saturated carbocycles. The second-order valence-corrected chi connectivity index (χ2v) is 2.79. The molecule has 0 bridgehead atoms. The van der Waals surface area contributed by atoms with Gasteiger partial charge in [0, 0.05) is 11.4 Å². The Labute approximate surface area is 87.3 Å². The number of carbonyl (C=O) groups is 1. The van der Waals surface area contributed by atoms with Gasteiger partial charge in [-0.15, -0.1) is 0 Å². The number of aliphatic hydroxyl groups is 1. The zero-order valence-corrected chi connectivity index (χ0v) is 8.13. The predicted molar refractivity (Wildman–Crippen MR) is 58.0 cm³/mol. The molecule has 1 rings (SSSR count). The zero-order chi connectivity index (χ0) is 11.8. The average Bonchev–Trinajstić information content (AvgIpc) is 2.22. The highest BCUT2D eigenvalue weighted by atomic mass is 16.4. The number of anilines is 2. The summed E-state index contributed by atoms with van der Waals surface area (Å²) in [5.74, 6) is -1.18. The Kier molecular flexibility index (Phi) is 5.84. The lowest BCUT2D eigenvalue weighted by atomic mass is 10.3. The molecule has 0 aliphatic carbocycles. The van der Waals surface area contributed by atoms with Gasteiger partial charge in [-0.3, -0.25) is 4.79 Å². The van der Waals surface area contributed by atoms with Crippen molar-refractivity contribution in [1.82, 2.24) is 0 Å². The number of nitrogen functional groups attached to an aromatic ring is 2. The highest BCUT2D eigenvalue weighted by Crippen LogP contribution is 2.04. The highest BCUT2D eigenvalue weighted by molar-refractivity contribution is 5.73. The van der Waals surface area contributed by atoms with Crippen LogP contribution in [0, 0.1) is 0 Å². The first-order valence-electron chi connectivity index (χ1n) is 4.17. The predicted octanol–water partition coefficient (Wildman–Crippen LogP) is -0.758. The first-order chi connectivity index (χ1) is 6.97. The van der Waals surface area contributed by atoms with Gasteiger partial charge in [0.05, 0.1) is 6.61 Å². The van der Waals surface area contributed by atoms with Crippen LogP contribution in [0.4, 0.5) is 11.4 Å². The molecule has 15 heavy (non-hydrogen) atoms. The number of carboxylic acid groups (broad SMARTS) is 1. The maximum absolute atomic E-state index is 9.65. The van der Waals surface area contributed by atoms with Crippen molar-refractivity contribution in [3.8, 4) is 0 Å². The Hall–Kier alpha value is -1.79. The van der Waals surface area contributed by atoms with E-state index < -0.39 is 18.6 Å². The van der Waals surface area contributed by atoms with Crippen LogP contribution in [-0.4, -0.2) is 28.8 Å². The lowest BCUT2D eigenvalue weighted by Gasteiger charge is -1.96. The number of hydrogen-bond donors (Lipinski definition) is 5. The van der Waals surface area contributed by atoms with Crippen LogP contribution in [0.2, 0.25) is 0 Å². The molecule has 1 atom stereocenters. The van der Waals surface area contributed by atoms with E-state index in [1.807, 2.05) is 0 Å². The van der Waals surface area contributed by atoms with E-state index in [0.717, 1.165) is 11.4 Å². The number of benzene rings is 1. The SMILES string of the molecule is N[C@@H](CO)C(=O)O.Nc1ccc(N)cc1. The zero-order valence-electron chi connectivity index (χ0n) is 8.13. The molecule has 0 aliphatic heterocycles. The van der Waals surface area contributed by atoms with Crippen molar-refractivity contribution in [1.29, 1.82) is 0 Å². The lowest BCUT2D eigenvalue weighted by Crippen LogP contribution is -2.33. The second-order valence-electron chi connectivity index (χ2n) is 2.79. The Bertz CT molecular complexity index is 279. The van der Waals surface area contributed by atoms with E-state index in [1.165, 1.54) is 0 Å². The molecule has 0 fully saturated rings. The molecule has 84 valence electrons. The molecular formula is C9H15N3O3. The highest BCUT2D eigenvalue weighted by Gasteiger charge is 2.06. The molecule has 0 unspecified atom stereocenters. The fourth-order valence-corrected chi connectivity index (χ4v) is 0.574. The van der Waals surface area contributed by atoms with Crippen LogP contribution in [0.5, 0.6) is 0 Å². The van der Waals surface area contributed by atoms with Gasteiger partial charge in [-0.2, -0.15) is 0 Å². The van der Waals surface area contributed by atoms with Crippen molar-refractivity contribution in [3.05, 3.63) is 24.3 Å². The van der Waals surface area contributed by atoms with Gasteiger partial charge in [0.25, 0.3) is 0 Å². The summed E-state index contributed by atoms with van der Waals surface area (Å²) >= 11 is 0. The summed E-state index contributed by atoms with van der Waals surface area (Å²) in [6, 6.07) is 5.97. The monoisotopic (exact) mass is 213 g/mol. The van der Waals surface area contributed by atoms with Crippen molar-refractivity contribution in [2.75, 3.05) is 18.1 Å². The standard InChI is InChI=1S/C6H8N2.C3H7NO3/c7-5-1-2-6(8)4-3-5;4-2(1-5)3(6)7/h1-4H,7-8H2;2,5H,1,4H2,(H,6,7)/t;2-/m.0/s1. The first-order valence-corrected chi connectivity index (χ1v) is 4.17. The minimum Gasteiger partial charge on any atom is -0.480 e. The Morgan fingerprint density at radius 2 is 1.53 bits per heavy atom. The van der Waals surface area contributed by atoms with E-state index in [2.05, 4.69) is 0 Å². The summed E-state index contributed by atoms with van der Waals surface area (Å²) in [5.41, 5.74) is 17.0. The van der Waals surface area contributed by atoms with Crippen molar-refractivity contribution >= 4 is 17.3 Å². The molecular weight excluding hydrogens is 198 g/mol. The van der Waals surface area contributed by atoms with Gasteiger partial charge < -0.3 is 27.4 Å². The maximum atomic E-state index is 9.65. The van der Waals surface area contributed by atoms with Crippen molar-refractivity contribution in [2.45, 2.75) is 6.04 Å². The quantitative estimate of drug-likeness (QED) is 0.410. The summed E-state index contributed by atoms with van der Waals surface area (Å²) in [4.78, 5) is 9.65. The largest absolute Gasteiger partial charge is 0.480 e. The fourth-order valence-electron chi connectivity index (χ4n) is 0.574. The maximum Gasteiger partial charge on any atom is 0.322 e. The number of nitrogens with two attached hydrogens (primary N) is 3. The molecule has 0 aliphatic rings. The average molecular weight is 213 g/mol. The minimum atomic E-state index is -1.18. The van der Waals surface area contributed by atoms with Crippen LogP contribution < -0.4 is 17.2 Å². The van der Waals surface area contributed by atoms with Crippen molar-refractivity contribution in [2.24, 2.45) is 5.73 Å². The number of rotatable bonds is 2. The molecule has 8 N–H and O–H groups in total.